The van der Waals surface area contributed by atoms with Gasteiger partial charge in [-0.2, -0.15) is 0 Å². The number of hydrogen-bond acceptors (Lipinski definition) is 3. The molecule has 0 heterocycles. The first-order valence-corrected chi connectivity index (χ1v) is 8.55. The third kappa shape index (κ3) is 5.95. The van der Waals surface area contributed by atoms with Gasteiger partial charge in [-0.15, -0.1) is 0 Å². The Kier molecular flexibility index (Phi) is 7.22. The Balaban J connectivity index is 1.86. The first-order valence-electron chi connectivity index (χ1n) is 7.80. The van der Waals surface area contributed by atoms with Crippen LogP contribution < -0.4 is 15.4 Å². The zero-order valence-electron chi connectivity index (χ0n) is 13.4. The van der Waals surface area contributed by atoms with Crippen LogP contribution in [0.3, 0.4) is 0 Å². The minimum atomic E-state index is -0.174. The fraction of sp³-hybridized carbons (Fsp3) is 0.278. The minimum absolute atomic E-state index is 0.0995. The number of carbonyl (C=O) groups is 1. The lowest BCUT2D eigenvalue weighted by molar-refractivity contribution is -0.114. The van der Waals surface area contributed by atoms with E-state index in [2.05, 4.69) is 17.6 Å². The quantitative estimate of drug-likeness (QED) is 0.629. The average Bonchev–Trinajstić information content (AvgIpc) is 2.55. The van der Waals surface area contributed by atoms with Crippen molar-refractivity contribution in [3.8, 4) is 5.75 Å². The second kappa shape index (κ2) is 9.40. The fourth-order valence-corrected chi connectivity index (χ4v) is 2.49. The van der Waals surface area contributed by atoms with Crippen molar-refractivity contribution in [3.63, 3.8) is 0 Å². The van der Waals surface area contributed by atoms with Crippen LogP contribution in [0, 0.1) is 0 Å². The molecule has 0 fully saturated rings. The molecule has 128 valence electrons. The number of hydrogen-bond donors (Lipinski definition) is 2. The van der Waals surface area contributed by atoms with Gasteiger partial charge in [0.05, 0.1) is 23.9 Å². The normalized spacial score (nSPS) is 10.3. The first kappa shape index (κ1) is 18.4. The molecule has 2 N–H and O–H groups in total. The van der Waals surface area contributed by atoms with Gasteiger partial charge >= 0.3 is 0 Å². The summed E-state index contributed by atoms with van der Waals surface area (Å²) >= 11 is 11.9. The van der Waals surface area contributed by atoms with Gasteiger partial charge in [0.1, 0.15) is 5.75 Å². The summed E-state index contributed by atoms with van der Waals surface area (Å²) in [5, 5.41) is 6.83. The SMILES string of the molecule is CCCCOc1cccc(NC(=O)CNc2ccc(Cl)cc2Cl)c1. The molecule has 2 aromatic carbocycles. The molecule has 0 saturated heterocycles. The predicted octanol–water partition coefficient (Wildman–Crippen LogP) is 5.22. The third-order valence-electron chi connectivity index (χ3n) is 3.25. The molecule has 0 spiro atoms. The van der Waals surface area contributed by atoms with Crippen LogP contribution in [0.1, 0.15) is 19.8 Å². The zero-order chi connectivity index (χ0) is 17.4. The molecular formula is C18H20Cl2N2O2. The average molecular weight is 367 g/mol. The van der Waals surface area contributed by atoms with Crippen molar-refractivity contribution in [1.82, 2.24) is 0 Å². The van der Waals surface area contributed by atoms with E-state index in [1.807, 2.05) is 24.3 Å². The number of unbranched alkanes of at least 4 members (excludes halogenated alkanes) is 1. The lowest BCUT2D eigenvalue weighted by atomic mass is 10.3. The van der Waals surface area contributed by atoms with Gasteiger partial charge < -0.3 is 15.4 Å². The van der Waals surface area contributed by atoms with Gasteiger partial charge in [-0.25, -0.2) is 0 Å². The molecule has 4 nitrogen and oxygen atoms in total. The lowest BCUT2D eigenvalue weighted by Gasteiger charge is -2.11. The van der Waals surface area contributed by atoms with E-state index in [9.17, 15) is 4.79 Å². The van der Waals surface area contributed by atoms with E-state index in [4.69, 9.17) is 27.9 Å². The van der Waals surface area contributed by atoms with Crippen molar-refractivity contribution in [2.75, 3.05) is 23.8 Å². The molecule has 0 bridgehead atoms. The first-order chi connectivity index (χ1) is 11.6. The number of carbonyl (C=O) groups excluding carboxylic acids is 1. The number of anilines is 2. The maximum atomic E-state index is 12.1. The summed E-state index contributed by atoms with van der Waals surface area (Å²) in [6.07, 6.45) is 2.08. The number of benzene rings is 2. The highest BCUT2D eigenvalue weighted by Gasteiger charge is 2.06. The highest BCUT2D eigenvalue weighted by atomic mass is 35.5. The van der Waals surface area contributed by atoms with Gasteiger partial charge in [0.15, 0.2) is 0 Å². The maximum Gasteiger partial charge on any atom is 0.243 e. The summed E-state index contributed by atoms with van der Waals surface area (Å²) in [7, 11) is 0. The van der Waals surface area contributed by atoms with Crippen LogP contribution in [0.15, 0.2) is 42.5 Å². The van der Waals surface area contributed by atoms with Crippen LogP contribution in [-0.4, -0.2) is 19.1 Å². The van der Waals surface area contributed by atoms with E-state index in [0.717, 1.165) is 18.6 Å². The molecule has 1 amide bonds. The van der Waals surface area contributed by atoms with E-state index in [0.29, 0.717) is 28.0 Å². The van der Waals surface area contributed by atoms with Gasteiger partial charge in [-0.05, 0) is 36.8 Å². The Morgan fingerprint density at radius 2 is 2.00 bits per heavy atom. The van der Waals surface area contributed by atoms with E-state index in [1.165, 1.54) is 0 Å². The molecule has 24 heavy (non-hydrogen) atoms. The second-order valence-electron chi connectivity index (χ2n) is 5.26. The van der Waals surface area contributed by atoms with Crippen molar-refractivity contribution in [2.45, 2.75) is 19.8 Å². The monoisotopic (exact) mass is 366 g/mol. The Hall–Kier alpha value is -1.91. The van der Waals surface area contributed by atoms with Gasteiger partial charge in [0.2, 0.25) is 5.91 Å². The number of nitrogens with one attached hydrogen (secondary N) is 2. The predicted molar refractivity (Wildman–Crippen MR) is 100 cm³/mol. The van der Waals surface area contributed by atoms with Crippen molar-refractivity contribution in [3.05, 3.63) is 52.5 Å². The van der Waals surface area contributed by atoms with E-state index >= 15 is 0 Å². The summed E-state index contributed by atoms with van der Waals surface area (Å²) in [5.74, 6) is 0.571. The van der Waals surface area contributed by atoms with Crippen LogP contribution in [0.5, 0.6) is 5.75 Å². The Bertz CT molecular complexity index is 692. The molecule has 0 radical (unpaired) electrons. The molecule has 0 aliphatic rings. The van der Waals surface area contributed by atoms with Gasteiger partial charge in [-0.3, -0.25) is 4.79 Å². The Morgan fingerprint density at radius 1 is 1.17 bits per heavy atom. The highest BCUT2D eigenvalue weighted by Crippen LogP contribution is 2.25. The molecule has 0 aliphatic heterocycles. The molecule has 6 heteroatoms. The molecule has 0 saturated carbocycles. The lowest BCUT2D eigenvalue weighted by Crippen LogP contribution is -2.21. The molecule has 2 rings (SSSR count). The van der Waals surface area contributed by atoms with Crippen molar-refractivity contribution < 1.29 is 9.53 Å². The van der Waals surface area contributed by atoms with Crippen molar-refractivity contribution in [2.24, 2.45) is 0 Å². The number of rotatable bonds is 8. The van der Waals surface area contributed by atoms with Gasteiger partial charge in [0, 0.05) is 16.8 Å². The van der Waals surface area contributed by atoms with E-state index < -0.39 is 0 Å². The van der Waals surface area contributed by atoms with Crippen LogP contribution in [0.25, 0.3) is 0 Å². The van der Waals surface area contributed by atoms with Gasteiger partial charge in [-0.1, -0.05) is 42.6 Å². The summed E-state index contributed by atoms with van der Waals surface area (Å²) in [6, 6.07) is 12.4. The van der Waals surface area contributed by atoms with Crippen LogP contribution in [-0.2, 0) is 4.79 Å². The fourth-order valence-electron chi connectivity index (χ4n) is 2.01. The smallest absolute Gasteiger partial charge is 0.243 e. The van der Waals surface area contributed by atoms with Crippen molar-refractivity contribution in [1.29, 1.82) is 0 Å². The Labute approximate surface area is 152 Å². The molecule has 2 aromatic rings. The third-order valence-corrected chi connectivity index (χ3v) is 3.80. The minimum Gasteiger partial charge on any atom is -0.494 e. The zero-order valence-corrected chi connectivity index (χ0v) is 15.0. The van der Waals surface area contributed by atoms with Crippen LogP contribution in [0.2, 0.25) is 10.0 Å². The second-order valence-corrected chi connectivity index (χ2v) is 6.10. The molecule has 0 aromatic heterocycles. The topological polar surface area (TPSA) is 50.4 Å². The Morgan fingerprint density at radius 3 is 2.75 bits per heavy atom. The van der Waals surface area contributed by atoms with Gasteiger partial charge in [0.25, 0.3) is 0 Å². The largest absolute Gasteiger partial charge is 0.494 e. The summed E-state index contributed by atoms with van der Waals surface area (Å²) in [4.78, 5) is 12.1. The summed E-state index contributed by atoms with van der Waals surface area (Å²) in [6.45, 7) is 2.88. The summed E-state index contributed by atoms with van der Waals surface area (Å²) < 4.78 is 5.63. The molecule has 0 unspecified atom stereocenters. The standard InChI is InChI=1S/C18H20Cl2N2O2/c1-2-3-9-24-15-6-4-5-14(11-15)22-18(23)12-21-17-8-7-13(19)10-16(17)20/h4-8,10-11,21H,2-3,9,12H2,1H3,(H,22,23). The van der Waals surface area contributed by atoms with Crippen LogP contribution >= 0.6 is 23.2 Å². The van der Waals surface area contributed by atoms with E-state index in [1.54, 1.807) is 18.2 Å². The number of ether oxygens (including phenoxy) is 1. The molecule has 0 aliphatic carbocycles. The number of halogens is 2. The molecule has 0 atom stereocenters. The number of amides is 1. The van der Waals surface area contributed by atoms with E-state index in [-0.39, 0.29) is 12.5 Å². The van der Waals surface area contributed by atoms with Crippen LogP contribution in [0.4, 0.5) is 11.4 Å². The molecular weight excluding hydrogens is 347 g/mol. The maximum absolute atomic E-state index is 12.1. The highest BCUT2D eigenvalue weighted by molar-refractivity contribution is 6.36. The van der Waals surface area contributed by atoms with Crippen molar-refractivity contribution >= 4 is 40.5 Å². The summed E-state index contributed by atoms with van der Waals surface area (Å²) in [5.41, 5.74) is 1.35.